The van der Waals surface area contributed by atoms with E-state index in [9.17, 15) is 9.59 Å². The van der Waals surface area contributed by atoms with E-state index in [1.165, 1.54) is 11.5 Å². The highest BCUT2D eigenvalue weighted by Gasteiger charge is 2.18. The van der Waals surface area contributed by atoms with Crippen LogP contribution in [-0.4, -0.2) is 27.4 Å². The Morgan fingerprint density at radius 3 is 2.78 bits per heavy atom. The predicted molar refractivity (Wildman–Crippen MR) is 86.9 cm³/mol. The van der Waals surface area contributed by atoms with Crippen LogP contribution in [0.2, 0.25) is 0 Å². The highest BCUT2D eigenvalue weighted by molar-refractivity contribution is 6.00. The fourth-order valence-corrected chi connectivity index (χ4v) is 3.00. The summed E-state index contributed by atoms with van der Waals surface area (Å²) in [6.07, 6.45) is 0. The van der Waals surface area contributed by atoms with Gasteiger partial charge in [-0.3, -0.25) is 0 Å². The molecule has 6 nitrogen and oxygen atoms in total. The number of rotatable bonds is 1. The number of nitrogens with one attached hydrogen (secondary N) is 1. The fraction of sp³-hybridized carbons (Fsp3) is 0.118. The van der Waals surface area contributed by atoms with E-state index in [4.69, 9.17) is 4.74 Å². The smallest absolute Gasteiger partial charge is 0.338 e. The number of hydrogen-bond acceptors (Lipinski definition) is 4. The lowest BCUT2D eigenvalue weighted by molar-refractivity contribution is 0.0600. The van der Waals surface area contributed by atoms with Crippen LogP contribution >= 0.6 is 0 Å². The van der Waals surface area contributed by atoms with Gasteiger partial charge in [0.25, 0.3) is 0 Å². The maximum Gasteiger partial charge on any atom is 0.338 e. The molecule has 2 aromatic carbocycles. The van der Waals surface area contributed by atoms with Crippen LogP contribution in [0.25, 0.3) is 27.6 Å². The number of carbonyl (C=O) groups excluding carboxylic acids is 1. The summed E-state index contributed by atoms with van der Waals surface area (Å²) in [7, 11) is 1.33. The van der Waals surface area contributed by atoms with Crippen molar-refractivity contribution in [2.45, 2.75) is 6.92 Å². The highest BCUT2D eigenvalue weighted by atomic mass is 16.5. The van der Waals surface area contributed by atoms with Gasteiger partial charge in [-0.05, 0) is 36.8 Å². The van der Waals surface area contributed by atoms with Crippen LogP contribution in [0.15, 0.2) is 41.2 Å². The Labute approximate surface area is 130 Å². The van der Waals surface area contributed by atoms with E-state index >= 15 is 0 Å². The van der Waals surface area contributed by atoms with Crippen molar-refractivity contribution < 1.29 is 9.53 Å². The molecule has 114 valence electrons. The van der Waals surface area contributed by atoms with Gasteiger partial charge < -0.3 is 9.72 Å². The number of imidazole rings is 1. The quantitative estimate of drug-likeness (QED) is 0.548. The van der Waals surface area contributed by atoms with Crippen molar-refractivity contribution in [2.24, 2.45) is 0 Å². The molecule has 0 unspecified atom stereocenters. The van der Waals surface area contributed by atoms with Gasteiger partial charge in [-0.15, -0.1) is 0 Å². The average Bonchev–Trinajstić information content (AvgIpc) is 2.96. The zero-order valence-electron chi connectivity index (χ0n) is 12.6. The minimum absolute atomic E-state index is 0.286. The molecule has 0 bridgehead atoms. The first-order chi connectivity index (χ1) is 11.1. The molecule has 2 aromatic heterocycles. The molecular weight excluding hydrogens is 294 g/mol. The number of nitrogens with zero attached hydrogens (tertiary/aromatic N) is 2. The summed E-state index contributed by atoms with van der Waals surface area (Å²) in [5.74, 6) is -0.434. The molecule has 0 amide bonds. The van der Waals surface area contributed by atoms with E-state index in [2.05, 4.69) is 9.97 Å². The molecule has 0 aliphatic carbocycles. The number of fused-ring (bicyclic) bond motifs is 5. The summed E-state index contributed by atoms with van der Waals surface area (Å²) in [6, 6.07) is 10.9. The molecule has 0 atom stereocenters. The van der Waals surface area contributed by atoms with E-state index < -0.39 is 5.97 Å². The molecule has 4 aromatic rings. The van der Waals surface area contributed by atoms with Gasteiger partial charge in [0.1, 0.15) is 0 Å². The Morgan fingerprint density at radius 2 is 2.00 bits per heavy atom. The molecule has 0 radical (unpaired) electrons. The van der Waals surface area contributed by atoms with Crippen LogP contribution in [0.4, 0.5) is 0 Å². The van der Waals surface area contributed by atoms with Crippen molar-refractivity contribution in [2.75, 3.05) is 7.11 Å². The topological polar surface area (TPSA) is 76.5 Å². The molecule has 0 saturated carbocycles. The molecule has 1 N–H and O–H groups in total. The van der Waals surface area contributed by atoms with Gasteiger partial charge >= 0.3 is 11.7 Å². The molecule has 0 spiro atoms. The monoisotopic (exact) mass is 307 g/mol. The molecule has 0 aliphatic heterocycles. The van der Waals surface area contributed by atoms with Crippen LogP contribution in [0.1, 0.15) is 15.9 Å². The van der Waals surface area contributed by atoms with Crippen LogP contribution in [0.3, 0.4) is 0 Å². The normalized spacial score (nSPS) is 11.4. The zero-order valence-corrected chi connectivity index (χ0v) is 12.6. The van der Waals surface area contributed by atoms with E-state index in [1.807, 2.05) is 24.3 Å². The maximum atomic E-state index is 12.5. The number of methoxy groups -OCH3 is 1. The van der Waals surface area contributed by atoms with Crippen molar-refractivity contribution >= 4 is 33.6 Å². The van der Waals surface area contributed by atoms with Crippen molar-refractivity contribution in [3.8, 4) is 0 Å². The summed E-state index contributed by atoms with van der Waals surface area (Å²) in [5, 5.41) is 0.849. The van der Waals surface area contributed by atoms with Crippen LogP contribution in [0.5, 0.6) is 0 Å². The number of aromatic nitrogens is 3. The standard InChI is InChI=1S/C17H13N3O3/c1-9-10(16(21)23-2)7-8-13-14(9)20-15(18-13)11-5-3-4-6-12(11)19-17(20)22/h3-8H,1-2H3,(H,19,22). The first-order valence-corrected chi connectivity index (χ1v) is 7.13. The second-order valence-electron chi connectivity index (χ2n) is 5.34. The highest BCUT2D eigenvalue weighted by Crippen LogP contribution is 2.25. The number of benzene rings is 2. The number of para-hydroxylation sites is 1. The summed E-state index contributed by atoms with van der Waals surface area (Å²) < 4.78 is 6.31. The summed E-state index contributed by atoms with van der Waals surface area (Å²) in [4.78, 5) is 31.9. The Bertz CT molecular complexity index is 1150. The van der Waals surface area contributed by atoms with Crippen molar-refractivity contribution in [1.29, 1.82) is 0 Å². The molecule has 2 heterocycles. The third-order valence-electron chi connectivity index (χ3n) is 4.09. The SMILES string of the molecule is COC(=O)c1ccc2nc3c4ccccc4[nH]c(=O)n3c2c1C. The van der Waals surface area contributed by atoms with Gasteiger partial charge in [0.05, 0.1) is 29.2 Å². The van der Waals surface area contributed by atoms with Gasteiger partial charge in [-0.2, -0.15) is 0 Å². The van der Waals surface area contributed by atoms with E-state index in [-0.39, 0.29) is 5.69 Å². The van der Waals surface area contributed by atoms with E-state index in [1.54, 1.807) is 19.1 Å². The molecule has 0 saturated heterocycles. The summed E-state index contributed by atoms with van der Waals surface area (Å²) in [5.41, 5.74) is 3.39. The Morgan fingerprint density at radius 1 is 1.22 bits per heavy atom. The lowest BCUT2D eigenvalue weighted by Gasteiger charge is -2.05. The van der Waals surface area contributed by atoms with Crippen molar-refractivity contribution in [3.05, 3.63) is 58.0 Å². The summed E-state index contributed by atoms with van der Waals surface area (Å²) >= 11 is 0. The lowest BCUT2D eigenvalue weighted by atomic mass is 10.1. The second kappa shape index (κ2) is 4.67. The van der Waals surface area contributed by atoms with Crippen molar-refractivity contribution in [3.63, 3.8) is 0 Å². The Kier molecular flexibility index (Phi) is 2.74. The number of esters is 1. The lowest BCUT2D eigenvalue weighted by Crippen LogP contribution is -2.17. The third kappa shape index (κ3) is 1.78. The number of hydrogen-bond donors (Lipinski definition) is 1. The first-order valence-electron chi connectivity index (χ1n) is 7.13. The van der Waals surface area contributed by atoms with Crippen LogP contribution in [0, 0.1) is 6.92 Å². The first kappa shape index (κ1) is 13.5. The van der Waals surface area contributed by atoms with Gasteiger partial charge in [0.2, 0.25) is 0 Å². The number of aryl methyl sites for hydroxylation is 1. The van der Waals surface area contributed by atoms with Crippen LogP contribution in [-0.2, 0) is 4.74 Å². The van der Waals surface area contributed by atoms with E-state index in [0.717, 1.165) is 10.9 Å². The van der Waals surface area contributed by atoms with E-state index in [0.29, 0.717) is 27.8 Å². The van der Waals surface area contributed by atoms with Crippen LogP contribution < -0.4 is 5.69 Å². The number of carbonyl (C=O) groups is 1. The van der Waals surface area contributed by atoms with Gasteiger partial charge in [-0.1, -0.05) is 12.1 Å². The van der Waals surface area contributed by atoms with Crippen molar-refractivity contribution in [1.82, 2.24) is 14.4 Å². The molecule has 0 fully saturated rings. The minimum Gasteiger partial charge on any atom is -0.465 e. The second-order valence-corrected chi connectivity index (χ2v) is 5.34. The number of aromatic amines is 1. The number of H-pyrrole nitrogens is 1. The zero-order chi connectivity index (χ0) is 16.1. The maximum absolute atomic E-state index is 12.5. The predicted octanol–water partition coefficient (Wildman–Crippen LogP) is 2.42. The Hall–Kier alpha value is -3.15. The molecule has 23 heavy (non-hydrogen) atoms. The van der Waals surface area contributed by atoms with Gasteiger partial charge in [-0.25, -0.2) is 19.0 Å². The summed E-state index contributed by atoms with van der Waals surface area (Å²) in [6.45, 7) is 1.79. The number of ether oxygens (including phenoxy) is 1. The molecular formula is C17H13N3O3. The molecule has 0 aliphatic rings. The van der Waals surface area contributed by atoms with Gasteiger partial charge in [0.15, 0.2) is 5.65 Å². The third-order valence-corrected chi connectivity index (χ3v) is 4.09. The molecule has 4 rings (SSSR count). The largest absolute Gasteiger partial charge is 0.465 e. The fourth-order valence-electron chi connectivity index (χ4n) is 3.00. The minimum atomic E-state index is -0.434. The van der Waals surface area contributed by atoms with Gasteiger partial charge in [0, 0.05) is 5.39 Å². The molecule has 6 heteroatoms. The Balaban J connectivity index is 2.25. The average molecular weight is 307 g/mol.